The van der Waals surface area contributed by atoms with Crippen molar-refractivity contribution in [3.05, 3.63) is 94.3 Å². The Morgan fingerprint density at radius 3 is 2.19 bits per heavy atom. The lowest BCUT2D eigenvalue weighted by molar-refractivity contribution is -0.116. The van der Waals surface area contributed by atoms with Crippen LogP contribution in [-0.2, 0) is 22.7 Å². The van der Waals surface area contributed by atoms with E-state index >= 15 is 0 Å². The number of amides is 2. The third kappa shape index (κ3) is 7.36. The molecular formula is C23H23N3O5. The van der Waals surface area contributed by atoms with Gasteiger partial charge in [-0.05, 0) is 11.1 Å². The molecule has 0 radical (unpaired) electrons. The van der Waals surface area contributed by atoms with E-state index in [2.05, 4.69) is 15.6 Å². The molecule has 3 aromatic rings. The summed E-state index contributed by atoms with van der Waals surface area (Å²) in [6.07, 6.45) is 0.753. The molecule has 31 heavy (non-hydrogen) atoms. The first-order valence-corrected chi connectivity index (χ1v) is 9.74. The second-order valence-corrected chi connectivity index (χ2v) is 6.64. The first-order valence-electron chi connectivity index (χ1n) is 9.74. The molecule has 8 nitrogen and oxygen atoms in total. The number of hydrogen-bond acceptors (Lipinski definition) is 5. The van der Waals surface area contributed by atoms with Gasteiger partial charge in [0.25, 0.3) is 0 Å². The average molecular weight is 421 g/mol. The molecule has 0 saturated heterocycles. The Bertz CT molecular complexity index is 1050. The molecule has 0 bridgehead atoms. The molecule has 1 heterocycles. The lowest BCUT2D eigenvalue weighted by atomic mass is 10.2. The number of benzene rings is 2. The summed E-state index contributed by atoms with van der Waals surface area (Å²) in [6.45, 7) is 0.539. The van der Waals surface area contributed by atoms with Gasteiger partial charge < -0.3 is 25.1 Å². The zero-order chi connectivity index (χ0) is 21.9. The van der Waals surface area contributed by atoms with Crippen molar-refractivity contribution >= 4 is 17.7 Å². The van der Waals surface area contributed by atoms with Crippen LogP contribution in [0.2, 0.25) is 0 Å². The summed E-state index contributed by atoms with van der Waals surface area (Å²) in [5.41, 5.74) is 1.55. The van der Waals surface area contributed by atoms with E-state index in [0.29, 0.717) is 12.5 Å². The first kappa shape index (κ1) is 21.6. The highest BCUT2D eigenvalue weighted by Crippen LogP contribution is 2.09. The van der Waals surface area contributed by atoms with E-state index in [4.69, 9.17) is 9.47 Å². The first-order chi connectivity index (χ1) is 15.1. The van der Waals surface area contributed by atoms with E-state index in [9.17, 15) is 14.4 Å². The molecule has 3 rings (SSSR count). The fraction of sp³-hybridized carbons (Fsp3) is 0.174. The van der Waals surface area contributed by atoms with Gasteiger partial charge in [-0.1, -0.05) is 60.7 Å². The quantitative estimate of drug-likeness (QED) is 0.492. The Hall–Kier alpha value is -4.07. The predicted octanol–water partition coefficient (Wildman–Crippen LogP) is 3.21. The second-order valence-electron chi connectivity index (χ2n) is 6.64. The number of aromatic nitrogens is 1. The van der Waals surface area contributed by atoms with Crippen LogP contribution in [0.1, 0.15) is 17.5 Å². The highest BCUT2D eigenvalue weighted by Gasteiger charge is 2.09. The van der Waals surface area contributed by atoms with Crippen LogP contribution in [0, 0.1) is 0 Å². The van der Waals surface area contributed by atoms with E-state index in [1.165, 1.54) is 12.3 Å². The molecule has 160 valence electrons. The molecule has 3 N–H and O–H groups in total. The fourth-order valence-electron chi connectivity index (χ4n) is 2.63. The second kappa shape index (κ2) is 11.2. The number of alkyl carbamates (subject to hydrolysis) is 1. The van der Waals surface area contributed by atoms with Gasteiger partial charge in [0.1, 0.15) is 18.9 Å². The van der Waals surface area contributed by atoms with Gasteiger partial charge in [0.15, 0.2) is 5.88 Å². The number of carbonyl (C=O) groups excluding carboxylic acids is 2. The topological polar surface area (TPSA) is 110 Å². The van der Waals surface area contributed by atoms with Gasteiger partial charge in [0, 0.05) is 25.2 Å². The number of pyridine rings is 1. The third-order valence-corrected chi connectivity index (χ3v) is 4.23. The molecule has 2 aromatic carbocycles. The van der Waals surface area contributed by atoms with Gasteiger partial charge in [-0.25, -0.2) is 4.79 Å². The number of ether oxygens (including phenoxy) is 2. The number of anilines is 1. The normalized spacial score (nSPS) is 10.2. The van der Waals surface area contributed by atoms with Crippen LogP contribution in [0.5, 0.6) is 5.88 Å². The van der Waals surface area contributed by atoms with Crippen LogP contribution >= 0.6 is 0 Å². The highest BCUT2D eigenvalue weighted by molar-refractivity contribution is 5.90. The summed E-state index contributed by atoms with van der Waals surface area (Å²) in [7, 11) is 0. The standard InChI is InChI=1S/C23H23N3O5/c27-20-13-22(30-15-17-7-3-1-4-8-17)25-14-19(20)26-21(28)11-12-24-23(29)31-16-18-9-5-2-6-10-18/h1-10,13-14H,11-12,15-16H2,(H,24,29)(H,25,27)(H,26,28). The Morgan fingerprint density at radius 1 is 0.903 bits per heavy atom. The summed E-state index contributed by atoms with van der Waals surface area (Å²) >= 11 is 0. The summed E-state index contributed by atoms with van der Waals surface area (Å²) in [6, 6.07) is 20.1. The molecule has 1 aromatic heterocycles. The van der Waals surface area contributed by atoms with Crippen molar-refractivity contribution in [1.82, 2.24) is 10.3 Å². The fourth-order valence-corrected chi connectivity index (χ4v) is 2.63. The summed E-state index contributed by atoms with van der Waals surface area (Å²) < 4.78 is 10.6. The van der Waals surface area contributed by atoms with Gasteiger partial charge in [-0.3, -0.25) is 9.59 Å². The largest absolute Gasteiger partial charge is 0.474 e. The van der Waals surface area contributed by atoms with Gasteiger partial charge in [-0.2, -0.15) is 0 Å². The Balaban J connectivity index is 1.38. The Morgan fingerprint density at radius 2 is 1.55 bits per heavy atom. The smallest absolute Gasteiger partial charge is 0.407 e. The van der Waals surface area contributed by atoms with Crippen LogP contribution in [-0.4, -0.2) is 23.5 Å². The number of rotatable bonds is 9. The van der Waals surface area contributed by atoms with Crippen LogP contribution < -0.4 is 20.8 Å². The maximum Gasteiger partial charge on any atom is 0.407 e. The van der Waals surface area contributed by atoms with Crippen molar-refractivity contribution in [2.75, 3.05) is 11.9 Å². The van der Waals surface area contributed by atoms with Crippen molar-refractivity contribution < 1.29 is 19.1 Å². The number of H-pyrrole nitrogens is 1. The number of nitrogens with one attached hydrogen (secondary N) is 3. The number of hydrogen-bond donors (Lipinski definition) is 3. The zero-order valence-electron chi connectivity index (χ0n) is 16.8. The third-order valence-electron chi connectivity index (χ3n) is 4.23. The molecular weight excluding hydrogens is 398 g/mol. The average Bonchev–Trinajstić information content (AvgIpc) is 2.79. The molecule has 0 atom stereocenters. The molecule has 0 saturated carbocycles. The maximum atomic E-state index is 12.2. The van der Waals surface area contributed by atoms with E-state index in [0.717, 1.165) is 11.1 Å². The SMILES string of the molecule is O=C(CCNC(=O)OCc1ccccc1)Nc1c[nH]c(OCc2ccccc2)cc1=O. The summed E-state index contributed by atoms with van der Waals surface area (Å²) in [5, 5.41) is 5.01. The van der Waals surface area contributed by atoms with Gasteiger partial charge in [-0.15, -0.1) is 0 Å². The lowest BCUT2D eigenvalue weighted by Gasteiger charge is -2.09. The van der Waals surface area contributed by atoms with E-state index < -0.39 is 12.0 Å². The molecule has 0 fully saturated rings. The Kier molecular flexibility index (Phi) is 7.82. The van der Waals surface area contributed by atoms with Gasteiger partial charge >= 0.3 is 6.09 Å². The van der Waals surface area contributed by atoms with Crippen molar-refractivity contribution in [3.8, 4) is 5.88 Å². The van der Waals surface area contributed by atoms with E-state index in [-0.39, 0.29) is 30.7 Å². The van der Waals surface area contributed by atoms with E-state index in [1.54, 1.807) is 0 Å². The molecule has 0 aliphatic rings. The van der Waals surface area contributed by atoms with Crippen LogP contribution in [0.4, 0.5) is 10.5 Å². The minimum atomic E-state index is -0.616. The predicted molar refractivity (Wildman–Crippen MR) is 116 cm³/mol. The lowest BCUT2D eigenvalue weighted by Crippen LogP contribution is -2.28. The molecule has 0 aliphatic carbocycles. The summed E-state index contributed by atoms with van der Waals surface area (Å²) in [5.74, 6) is -0.110. The van der Waals surface area contributed by atoms with Gasteiger partial charge in [0.2, 0.25) is 11.3 Å². The highest BCUT2D eigenvalue weighted by atomic mass is 16.5. The van der Waals surface area contributed by atoms with Crippen molar-refractivity contribution in [3.63, 3.8) is 0 Å². The minimum Gasteiger partial charge on any atom is -0.474 e. The van der Waals surface area contributed by atoms with Crippen LogP contribution in [0.3, 0.4) is 0 Å². The molecule has 8 heteroatoms. The molecule has 0 spiro atoms. The number of carbonyl (C=O) groups is 2. The molecule has 2 amide bonds. The maximum absolute atomic E-state index is 12.2. The number of aromatic amines is 1. The summed E-state index contributed by atoms with van der Waals surface area (Å²) in [4.78, 5) is 38.7. The van der Waals surface area contributed by atoms with E-state index in [1.807, 2.05) is 60.7 Å². The van der Waals surface area contributed by atoms with Crippen molar-refractivity contribution in [1.29, 1.82) is 0 Å². The monoisotopic (exact) mass is 421 g/mol. The van der Waals surface area contributed by atoms with Crippen LogP contribution in [0.25, 0.3) is 0 Å². The van der Waals surface area contributed by atoms with Crippen molar-refractivity contribution in [2.45, 2.75) is 19.6 Å². The van der Waals surface area contributed by atoms with Crippen LogP contribution in [0.15, 0.2) is 77.7 Å². The minimum absolute atomic E-state index is 0.00780. The molecule has 0 unspecified atom stereocenters. The zero-order valence-corrected chi connectivity index (χ0v) is 16.8. The van der Waals surface area contributed by atoms with Gasteiger partial charge in [0.05, 0.1) is 0 Å². The molecule has 0 aliphatic heterocycles. The van der Waals surface area contributed by atoms with Crippen molar-refractivity contribution in [2.24, 2.45) is 0 Å². The Labute approximate surface area is 179 Å².